The molecule has 0 bridgehead atoms. The van der Waals surface area contributed by atoms with Gasteiger partial charge in [-0.2, -0.15) is 0 Å². The monoisotopic (exact) mass is 231 g/mol. The van der Waals surface area contributed by atoms with Gasteiger partial charge < -0.3 is 5.32 Å². The molecule has 1 fully saturated rings. The van der Waals surface area contributed by atoms with Gasteiger partial charge >= 0.3 is 0 Å². The van der Waals surface area contributed by atoms with Crippen LogP contribution < -0.4 is 5.32 Å². The van der Waals surface area contributed by atoms with Gasteiger partial charge in [0, 0.05) is 0 Å². The minimum Gasteiger partial charge on any atom is -0.316 e. The first-order valence-electron chi connectivity index (χ1n) is 6.80. The molecule has 1 unspecified atom stereocenters. The van der Waals surface area contributed by atoms with Crippen molar-refractivity contribution in [1.82, 2.24) is 5.32 Å². The van der Waals surface area contributed by atoms with Crippen molar-refractivity contribution in [3.63, 3.8) is 0 Å². The molecular formula is C16H25N. The van der Waals surface area contributed by atoms with Crippen LogP contribution in [0.15, 0.2) is 18.2 Å². The van der Waals surface area contributed by atoms with E-state index in [2.05, 4.69) is 51.2 Å². The normalized spacial score (nSPS) is 21.5. The molecule has 1 heteroatoms. The van der Waals surface area contributed by atoms with E-state index in [0.717, 1.165) is 5.92 Å². The molecular weight excluding hydrogens is 206 g/mol. The molecule has 0 spiro atoms. The number of benzene rings is 1. The molecule has 1 N–H and O–H groups in total. The Kier molecular flexibility index (Phi) is 3.58. The fourth-order valence-corrected chi connectivity index (χ4v) is 3.12. The lowest BCUT2D eigenvalue weighted by atomic mass is 9.69. The molecule has 1 nitrogen and oxygen atoms in total. The van der Waals surface area contributed by atoms with E-state index in [1.54, 1.807) is 0 Å². The Morgan fingerprint density at radius 1 is 1.24 bits per heavy atom. The molecule has 0 radical (unpaired) electrons. The van der Waals surface area contributed by atoms with E-state index in [0.29, 0.717) is 0 Å². The summed E-state index contributed by atoms with van der Waals surface area (Å²) in [5, 5.41) is 3.54. The third-order valence-corrected chi connectivity index (χ3v) is 4.40. The maximum absolute atomic E-state index is 3.54. The van der Waals surface area contributed by atoms with Crippen molar-refractivity contribution in [3.05, 3.63) is 34.9 Å². The first-order chi connectivity index (χ1) is 8.01. The summed E-state index contributed by atoms with van der Waals surface area (Å²) < 4.78 is 0. The lowest BCUT2D eigenvalue weighted by Crippen LogP contribution is -2.41. The van der Waals surface area contributed by atoms with E-state index in [-0.39, 0.29) is 5.41 Å². The molecule has 1 atom stereocenters. The summed E-state index contributed by atoms with van der Waals surface area (Å²) in [7, 11) is 0. The second-order valence-corrected chi connectivity index (χ2v) is 6.08. The summed E-state index contributed by atoms with van der Waals surface area (Å²) in [6.45, 7) is 11.6. The van der Waals surface area contributed by atoms with E-state index in [9.17, 15) is 0 Å². The number of rotatable bonds is 2. The zero-order valence-corrected chi connectivity index (χ0v) is 11.6. The van der Waals surface area contributed by atoms with Gasteiger partial charge in [0.25, 0.3) is 0 Å². The van der Waals surface area contributed by atoms with Gasteiger partial charge in [0.05, 0.1) is 0 Å². The maximum Gasteiger partial charge on any atom is -0.00122 e. The number of aryl methyl sites for hydroxylation is 2. The Bertz CT molecular complexity index is 387. The van der Waals surface area contributed by atoms with Crippen molar-refractivity contribution >= 4 is 0 Å². The summed E-state index contributed by atoms with van der Waals surface area (Å²) in [5.74, 6) is 0.761. The van der Waals surface area contributed by atoms with Crippen molar-refractivity contribution in [1.29, 1.82) is 0 Å². The van der Waals surface area contributed by atoms with Crippen LogP contribution in [0.1, 0.15) is 43.4 Å². The van der Waals surface area contributed by atoms with Gasteiger partial charge in [-0.25, -0.2) is 0 Å². The average Bonchev–Trinajstić information content (AvgIpc) is 2.33. The Hall–Kier alpha value is -0.820. The van der Waals surface area contributed by atoms with Crippen LogP contribution in [0.2, 0.25) is 0 Å². The molecule has 1 aliphatic rings. The predicted octanol–water partition coefficient (Wildman–Crippen LogP) is 3.58. The number of hydrogen-bond donors (Lipinski definition) is 1. The second-order valence-electron chi connectivity index (χ2n) is 6.08. The Labute approximate surface area is 106 Å². The number of piperidine rings is 1. The predicted molar refractivity (Wildman–Crippen MR) is 74.5 cm³/mol. The standard InChI is InChI=1S/C16H25N/c1-12-7-8-13(2)15(10-12)16(3,4)14-6-5-9-17-11-14/h7-8,10,14,17H,5-6,9,11H2,1-4H3. The third-order valence-electron chi connectivity index (χ3n) is 4.40. The molecule has 0 saturated carbocycles. The largest absolute Gasteiger partial charge is 0.316 e. The minimum atomic E-state index is 0.281. The molecule has 0 amide bonds. The number of hydrogen-bond acceptors (Lipinski definition) is 1. The van der Waals surface area contributed by atoms with Gasteiger partial charge in [-0.3, -0.25) is 0 Å². The van der Waals surface area contributed by atoms with Crippen LogP contribution in [-0.4, -0.2) is 13.1 Å². The molecule has 1 aromatic carbocycles. The molecule has 1 aromatic rings. The quantitative estimate of drug-likeness (QED) is 0.820. The van der Waals surface area contributed by atoms with E-state index in [1.165, 1.54) is 42.6 Å². The van der Waals surface area contributed by atoms with Crippen LogP contribution in [0.3, 0.4) is 0 Å². The van der Waals surface area contributed by atoms with Crippen molar-refractivity contribution < 1.29 is 0 Å². The van der Waals surface area contributed by atoms with Gasteiger partial charge in [0.15, 0.2) is 0 Å². The molecule has 0 aromatic heterocycles. The van der Waals surface area contributed by atoms with Crippen molar-refractivity contribution in [3.8, 4) is 0 Å². The third kappa shape index (κ3) is 2.55. The molecule has 94 valence electrons. The van der Waals surface area contributed by atoms with Gasteiger partial charge in [-0.1, -0.05) is 37.6 Å². The lowest BCUT2D eigenvalue weighted by molar-refractivity contribution is 0.251. The van der Waals surface area contributed by atoms with Crippen LogP contribution in [-0.2, 0) is 5.41 Å². The van der Waals surface area contributed by atoms with E-state index in [1.807, 2.05) is 0 Å². The summed E-state index contributed by atoms with van der Waals surface area (Å²) in [6.07, 6.45) is 2.67. The molecule has 2 rings (SSSR count). The summed E-state index contributed by atoms with van der Waals surface area (Å²) in [5.41, 5.74) is 4.63. The first kappa shape index (κ1) is 12.6. The van der Waals surface area contributed by atoms with Crippen LogP contribution in [0.5, 0.6) is 0 Å². The van der Waals surface area contributed by atoms with Crippen molar-refractivity contribution in [2.45, 2.75) is 46.0 Å². The minimum absolute atomic E-state index is 0.281. The highest BCUT2D eigenvalue weighted by molar-refractivity contribution is 5.36. The van der Waals surface area contributed by atoms with Gasteiger partial charge in [-0.05, 0) is 62.2 Å². The highest BCUT2D eigenvalue weighted by Gasteiger charge is 2.33. The summed E-state index contributed by atoms with van der Waals surface area (Å²) >= 11 is 0. The Morgan fingerprint density at radius 2 is 2.00 bits per heavy atom. The topological polar surface area (TPSA) is 12.0 Å². The lowest BCUT2D eigenvalue weighted by Gasteiger charge is -2.39. The Balaban J connectivity index is 2.32. The molecule has 17 heavy (non-hydrogen) atoms. The van der Waals surface area contributed by atoms with E-state index in [4.69, 9.17) is 0 Å². The molecule has 0 aliphatic carbocycles. The van der Waals surface area contributed by atoms with Crippen molar-refractivity contribution in [2.75, 3.05) is 13.1 Å². The summed E-state index contributed by atoms with van der Waals surface area (Å²) in [4.78, 5) is 0. The van der Waals surface area contributed by atoms with Crippen LogP contribution >= 0.6 is 0 Å². The fraction of sp³-hybridized carbons (Fsp3) is 0.625. The Morgan fingerprint density at radius 3 is 2.65 bits per heavy atom. The molecule has 1 heterocycles. The zero-order valence-electron chi connectivity index (χ0n) is 11.6. The molecule has 1 aliphatic heterocycles. The molecule has 1 saturated heterocycles. The van der Waals surface area contributed by atoms with Crippen LogP contribution in [0, 0.1) is 19.8 Å². The zero-order chi connectivity index (χ0) is 12.5. The number of nitrogens with one attached hydrogen (secondary N) is 1. The van der Waals surface area contributed by atoms with E-state index >= 15 is 0 Å². The van der Waals surface area contributed by atoms with E-state index < -0.39 is 0 Å². The average molecular weight is 231 g/mol. The van der Waals surface area contributed by atoms with Crippen LogP contribution in [0.4, 0.5) is 0 Å². The highest BCUT2D eigenvalue weighted by atomic mass is 14.9. The first-order valence-corrected chi connectivity index (χ1v) is 6.80. The smallest absolute Gasteiger partial charge is 0.00122 e. The van der Waals surface area contributed by atoms with Gasteiger partial charge in [0.2, 0.25) is 0 Å². The SMILES string of the molecule is Cc1ccc(C)c(C(C)(C)C2CCCNC2)c1. The second kappa shape index (κ2) is 4.81. The fourth-order valence-electron chi connectivity index (χ4n) is 3.12. The van der Waals surface area contributed by atoms with Crippen LogP contribution in [0.25, 0.3) is 0 Å². The highest BCUT2D eigenvalue weighted by Crippen LogP contribution is 2.37. The maximum atomic E-state index is 3.54. The van der Waals surface area contributed by atoms with Gasteiger partial charge in [0.1, 0.15) is 0 Å². The van der Waals surface area contributed by atoms with Gasteiger partial charge in [-0.15, -0.1) is 0 Å². The van der Waals surface area contributed by atoms with Crippen molar-refractivity contribution in [2.24, 2.45) is 5.92 Å². The summed E-state index contributed by atoms with van der Waals surface area (Å²) in [6, 6.07) is 6.86.